The van der Waals surface area contributed by atoms with Crippen molar-refractivity contribution in [3.05, 3.63) is 0 Å². The predicted octanol–water partition coefficient (Wildman–Crippen LogP) is 0.145. The molecule has 98 valence electrons. The van der Waals surface area contributed by atoms with Crippen LogP contribution in [0.15, 0.2) is 0 Å². The van der Waals surface area contributed by atoms with Crippen LogP contribution in [-0.4, -0.2) is 74.4 Å². The molecule has 0 spiro atoms. The molecule has 0 radical (unpaired) electrons. The van der Waals surface area contributed by atoms with Crippen molar-refractivity contribution < 1.29 is 4.74 Å². The van der Waals surface area contributed by atoms with Crippen molar-refractivity contribution in [2.75, 3.05) is 52.5 Å². The van der Waals surface area contributed by atoms with Crippen molar-refractivity contribution in [2.24, 2.45) is 0 Å². The van der Waals surface area contributed by atoms with E-state index in [9.17, 15) is 0 Å². The summed E-state index contributed by atoms with van der Waals surface area (Å²) < 4.78 is 5.40. The second-order valence-corrected chi connectivity index (χ2v) is 5.55. The third-order valence-electron chi connectivity index (χ3n) is 4.56. The van der Waals surface area contributed by atoms with Crippen LogP contribution in [0, 0.1) is 0 Å². The highest BCUT2D eigenvalue weighted by atomic mass is 16.5. The Labute approximate surface area is 104 Å². The van der Waals surface area contributed by atoms with Gasteiger partial charge in [-0.2, -0.15) is 0 Å². The predicted molar refractivity (Wildman–Crippen MR) is 68.3 cm³/mol. The van der Waals surface area contributed by atoms with Gasteiger partial charge in [0.2, 0.25) is 0 Å². The molecule has 3 rings (SSSR count). The van der Waals surface area contributed by atoms with E-state index >= 15 is 0 Å². The maximum Gasteiger partial charge on any atom is 0.0594 e. The van der Waals surface area contributed by atoms with Gasteiger partial charge in [-0.15, -0.1) is 0 Å². The van der Waals surface area contributed by atoms with Crippen molar-refractivity contribution in [1.29, 1.82) is 0 Å². The summed E-state index contributed by atoms with van der Waals surface area (Å²) >= 11 is 0. The van der Waals surface area contributed by atoms with Crippen LogP contribution < -0.4 is 5.32 Å². The standard InChI is InChI=1S/C13H25N3O/c1-2-12-13(3-1)16(5-4-14-12)7-6-15-8-10-17-11-9-15/h12-14H,1-11H2/t12-,13+/m0/s1. The third kappa shape index (κ3) is 2.81. The highest BCUT2D eigenvalue weighted by molar-refractivity contribution is 4.94. The Kier molecular flexibility index (Phi) is 3.96. The number of hydrogen-bond acceptors (Lipinski definition) is 4. The zero-order valence-electron chi connectivity index (χ0n) is 10.7. The molecule has 0 aromatic rings. The number of nitrogens with one attached hydrogen (secondary N) is 1. The molecule has 0 unspecified atom stereocenters. The summed E-state index contributed by atoms with van der Waals surface area (Å²) in [7, 11) is 0. The van der Waals surface area contributed by atoms with Crippen LogP contribution in [0.25, 0.3) is 0 Å². The van der Waals surface area contributed by atoms with Crippen molar-refractivity contribution in [2.45, 2.75) is 31.3 Å². The van der Waals surface area contributed by atoms with Gasteiger partial charge in [-0.05, 0) is 12.8 Å². The Morgan fingerprint density at radius 2 is 1.94 bits per heavy atom. The van der Waals surface area contributed by atoms with Crippen LogP contribution in [0.1, 0.15) is 19.3 Å². The maximum absolute atomic E-state index is 5.40. The normalized spacial score (nSPS) is 36.0. The Morgan fingerprint density at radius 3 is 2.82 bits per heavy atom. The number of hydrogen-bond donors (Lipinski definition) is 1. The van der Waals surface area contributed by atoms with Crippen molar-refractivity contribution in [3.8, 4) is 0 Å². The molecule has 1 saturated carbocycles. The Bertz CT molecular complexity index is 243. The molecule has 0 amide bonds. The van der Waals surface area contributed by atoms with Gasteiger partial charge in [0.1, 0.15) is 0 Å². The van der Waals surface area contributed by atoms with Crippen LogP contribution in [0.2, 0.25) is 0 Å². The van der Waals surface area contributed by atoms with Gasteiger partial charge in [-0.1, -0.05) is 6.42 Å². The van der Waals surface area contributed by atoms with E-state index in [1.807, 2.05) is 0 Å². The zero-order valence-corrected chi connectivity index (χ0v) is 10.7. The summed E-state index contributed by atoms with van der Waals surface area (Å²) in [5.41, 5.74) is 0. The van der Waals surface area contributed by atoms with E-state index in [1.165, 1.54) is 45.4 Å². The average Bonchev–Trinajstić information content (AvgIpc) is 2.86. The van der Waals surface area contributed by atoms with Gasteiger partial charge in [0.05, 0.1) is 13.2 Å². The van der Waals surface area contributed by atoms with E-state index < -0.39 is 0 Å². The van der Waals surface area contributed by atoms with E-state index in [4.69, 9.17) is 4.74 Å². The minimum Gasteiger partial charge on any atom is -0.379 e. The Balaban J connectivity index is 1.47. The summed E-state index contributed by atoms with van der Waals surface area (Å²) in [6, 6.07) is 1.61. The van der Waals surface area contributed by atoms with E-state index in [0.29, 0.717) is 0 Å². The molecule has 4 nitrogen and oxygen atoms in total. The van der Waals surface area contributed by atoms with Gasteiger partial charge in [0, 0.05) is 51.4 Å². The molecule has 2 saturated heterocycles. The number of rotatable bonds is 3. The number of morpholine rings is 1. The molecular formula is C13H25N3O. The fourth-order valence-electron chi connectivity index (χ4n) is 3.55. The topological polar surface area (TPSA) is 27.7 Å². The van der Waals surface area contributed by atoms with Gasteiger partial charge in [0.25, 0.3) is 0 Å². The largest absolute Gasteiger partial charge is 0.379 e. The summed E-state index contributed by atoms with van der Waals surface area (Å²) in [6.07, 6.45) is 4.20. The number of fused-ring (bicyclic) bond motifs is 1. The Hall–Kier alpha value is -0.160. The molecule has 2 heterocycles. The highest BCUT2D eigenvalue weighted by Gasteiger charge is 2.34. The first-order valence-corrected chi connectivity index (χ1v) is 7.21. The lowest BCUT2D eigenvalue weighted by molar-refractivity contribution is 0.0278. The average molecular weight is 239 g/mol. The lowest BCUT2D eigenvalue weighted by Crippen LogP contribution is -2.56. The van der Waals surface area contributed by atoms with E-state index in [-0.39, 0.29) is 0 Å². The van der Waals surface area contributed by atoms with E-state index in [0.717, 1.165) is 38.4 Å². The summed E-state index contributed by atoms with van der Waals surface area (Å²) in [5.74, 6) is 0. The quantitative estimate of drug-likeness (QED) is 0.758. The molecule has 1 N–H and O–H groups in total. The molecule has 3 fully saturated rings. The zero-order chi connectivity index (χ0) is 11.5. The van der Waals surface area contributed by atoms with Crippen molar-refractivity contribution in [3.63, 3.8) is 0 Å². The molecule has 1 aliphatic carbocycles. The lowest BCUT2D eigenvalue weighted by atomic mass is 10.1. The van der Waals surface area contributed by atoms with Gasteiger partial charge in [-0.25, -0.2) is 0 Å². The number of ether oxygens (including phenoxy) is 1. The monoisotopic (exact) mass is 239 g/mol. The number of piperazine rings is 1. The first kappa shape index (κ1) is 11.9. The molecule has 0 aromatic heterocycles. The summed E-state index contributed by atoms with van der Waals surface area (Å²) in [4.78, 5) is 5.28. The van der Waals surface area contributed by atoms with Crippen LogP contribution in [0.3, 0.4) is 0 Å². The van der Waals surface area contributed by atoms with E-state index in [1.54, 1.807) is 0 Å². The van der Waals surface area contributed by atoms with Crippen LogP contribution in [0.4, 0.5) is 0 Å². The minimum atomic E-state index is 0.786. The highest BCUT2D eigenvalue weighted by Crippen LogP contribution is 2.26. The fraction of sp³-hybridized carbons (Fsp3) is 1.00. The summed E-state index contributed by atoms with van der Waals surface area (Å²) in [5, 5.41) is 3.67. The van der Waals surface area contributed by atoms with E-state index in [2.05, 4.69) is 15.1 Å². The Morgan fingerprint density at radius 1 is 1.06 bits per heavy atom. The van der Waals surface area contributed by atoms with Gasteiger partial charge < -0.3 is 10.1 Å². The first-order valence-electron chi connectivity index (χ1n) is 7.21. The van der Waals surface area contributed by atoms with Gasteiger partial charge in [0.15, 0.2) is 0 Å². The lowest BCUT2D eigenvalue weighted by Gasteiger charge is -2.39. The first-order chi connectivity index (χ1) is 8.43. The van der Waals surface area contributed by atoms with Crippen LogP contribution in [0.5, 0.6) is 0 Å². The molecule has 4 heteroatoms. The number of nitrogens with zero attached hydrogens (tertiary/aromatic N) is 2. The second-order valence-electron chi connectivity index (χ2n) is 5.55. The molecule has 3 aliphatic rings. The molecule has 2 atom stereocenters. The van der Waals surface area contributed by atoms with Gasteiger partial charge >= 0.3 is 0 Å². The van der Waals surface area contributed by atoms with Gasteiger partial charge in [-0.3, -0.25) is 9.80 Å². The molecule has 2 aliphatic heterocycles. The van der Waals surface area contributed by atoms with Crippen molar-refractivity contribution in [1.82, 2.24) is 15.1 Å². The summed E-state index contributed by atoms with van der Waals surface area (Å²) in [6.45, 7) is 9.01. The fourth-order valence-corrected chi connectivity index (χ4v) is 3.55. The molecule has 0 bridgehead atoms. The maximum atomic E-state index is 5.40. The molecule has 0 aromatic carbocycles. The van der Waals surface area contributed by atoms with Crippen molar-refractivity contribution >= 4 is 0 Å². The third-order valence-corrected chi connectivity index (χ3v) is 4.56. The SMILES string of the molecule is C1C[C@@H]2NCCN(CCN3CCOCC3)[C@@H]2C1. The molecular weight excluding hydrogens is 214 g/mol. The van der Waals surface area contributed by atoms with Crippen LogP contribution >= 0.6 is 0 Å². The smallest absolute Gasteiger partial charge is 0.0594 e. The second kappa shape index (κ2) is 5.65. The minimum absolute atomic E-state index is 0.786. The molecule has 17 heavy (non-hydrogen) atoms. The van der Waals surface area contributed by atoms with Crippen LogP contribution in [-0.2, 0) is 4.74 Å².